The Hall–Kier alpha value is -1.30. The summed E-state index contributed by atoms with van der Waals surface area (Å²) < 4.78 is 43.5. The first-order valence-electron chi connectivity index (χ1n) is 5.80. The summed E-state index contributed by atoms with van der Waals surface area (Å²) in [5.41, 5.74) is 4.78. The van der Waals surface area contributed by atoms with Gasteiger partial charge in [0.1, 0.15) is 10.7 Å². The van der Waals surface area contributed by atoms with Crippen LogP contribution >= 0.6 is 12.2 Å². The molecule has 0 spiro atoms. The zero-order chi connectivity index (χ0) is 14.8. The van der Waals surface area contributed by atoms with Crippen LogP contribution in [0.1, 0.15) is 31.9 Å². The smallest absolute Gasteiger partial charge is 0.416 e. The molecule has 0 aliphatic carbocycles. The average molecular weight is 291 g/mol. The number of hydrogen-bond donors (Lipinski definition) is 1. The maximum absolute atomic E-state index is 12.6. The Labute approximate surface area is 115 Å². The van der Waals surface area contributed by atoms with Gasteiger partial charge in [-0.2, -0.15) is 13.2 Å². The van der Waals surface area contributed by atoms with Crippen molar-refractivity contribution in [2.24, 2.45) is 11.7 Å². The first kappa shape index (κ1) is 15.8. The molecule has 0 aliphatic rings. The fraction of sp³-hybridized carbons (Fsp3) is 0.462. The van der Waals surface area contributed by atoms with E-state index in [-0.39, 0.29) is 28.3 Å². The number of alkyl halides is 3. The minimum absolute atomic E-state index is 0.109. The van der Waals surface area contributed by atoms with Gasteiger partial charge < -0.3 is 10.5 Å². The van der Waals surface area contributed by atoms with E-state index in [0.717, 1.165) is 12.1 Å². The van der Waals surface area contributed by atoms with E-state index in [1.54, 1.807) is 0 Å². The number of rotatable bonds is 4. The summed E-state index contributed by atoms with van der Waals surface area (Å²) in [7, 11) is 0. The second-order valence-electron chi connectivity index (χ2n) is 4.64. The number of halogens is 3. The Morgan fingerprint density at radius 2 is 1.84 bits per heavy atom. The van der Waals surface area contributed by atoms with Crippen LogP contribution in [-0.2, 0) is 6.18 Å². The molecule has 0 saturated heterocycles. The molecule has 106 valence electrons. The van der Waals surface area contributed by atoms with Gasteiger partial charge in [0.05, 0.1) is 17.2 Å². The van der Waals surface area contributed by atoms with Gasteiger partial charge in [0, 0.05) is 0 Å². The second kappa shape index (κ2) is 5.77. The highest BCUT2D eigenvalue weighted by Gasteiger charge is 2.31. The zero-order valence-electron chi connectivity index (χ0n) is 10.9. The lowest BCUT2D eigenvalue weighted by atomic mass is 10.1. The highest BCUT2D eigenvalue weighted by atomic mass is 32.1. The molecule has 1 atom stereocenters. The molecule has 1 aromatic carbocycles. The summed E-state index contributed by atoms with van der Waals surface area (Å²) >= 11 is 4.78. The van der Waals surface area contributed by atoms with Crippen LogP contribution in [0.4, 0.5) is 13.2 Å². The Morgan fingerprint density at radius 1 is 1.26 bits per heavy atom. The standard InChI is InChI=1S/C13H16F3NOS/c1-7(2)8(3)18-11-5-4-9(13(14,15)16)6-10(11)12(17)19/h4-8H,1-3H3,(H2,17,19). The lowest BCUT2D eigenvalue weighted by molar-refractivity contribution is -0.137. The summed E-state index contributed by atoms with van der Waals surface area (Å²) in [6, 6.07) is 3.14. The minimum Gasteiger partial charge on any atom is -0.490 e. The molecule has 19 heavy (non-hydrogen) atoms. The van der Waals surface area contributed by atoms with Crippen LogP contribution in [0.15, 0.2) is 18.2 Å². The van der Waals surface area contributed by atoms with E-state index in [9.17, 15) is 13.2 Å². The van der Waals surface area contributed by atoms with E-state index < -0.39 is 11.7 Å². The lowest BCUT2D eigenvalue weighted by Gasteiger charge is -2.20. The molecule has 2 nitrogen and oxygen atoms in total. The topological polar surface area (TPSA) is 35.2 Å². The van der Waals surface area contributed by atoms with Gasteiger partial charge in [0.25, 0.3) is 0 Å². The Morgan fingerprint density at radius 3 is 2.26 bits per heavy atom. The van der Waals surface area contributed by atoms with E-state index in [2.05, 4.69) is 0 Å². The molecule has 1 aromatic rings. The molecule has 0 bridgehead atoms. The summed E-state index contributed by atoms with van der Waals surface area (Å²) in [5.74, 6) is 0.503. The average Bonchev–Trinajstić information content (AvgIpc) is 2.27. The Balaban J connectivity index is 3.16. The Kier molecular flexibility index (Phi) is 4.79. The fourth-order valence-electron chi connectivity index (χ4n) is 1.34. The highest BCUT2D eigenvalue weighted by molar-refractivity contribution is 7.80. The highest BCUT2D eigenvalue weighted by Crippen LogP contribution is 2.33. The van der Waals surface area contributed by atoms with Crippen molar-refractivity contribution in [1.29, 1.82) is 0 Å². The summed E-state index contributed by atoms with van der Waals surface area (Å²) in [5, 5.41) is 0. The fourth-order valence-corrected chi connectivity index (χ4v) is 1.50. The van der Waals surface area contributed by atoms with Gasteiger partial charge in [0.2, 0.25) is 0 Å². The minimum atomic E-state index is -4.43. The maximum Gasteiger partial charge on any atom is 0.416 e. The van der Waals surface area contributed by atoms with Gasteiger partial charge in [0.15, 0.2) is 0 Å². The van der Waals surface area contributed by atoms with Crippen molar-refractivity contribution in [3.05, 3.63) is 29.3 Å². The Bertz CT molecular complexity index is 471. The number of benzene rings is 1. The van der Waals surface area contributed by atoms with Gasteiger partial charge in [-0.15, -0.1) is 0 Å². The molecule has 0 aromatic heterocycles. The summed E-state index contributed by atoms with van der Waals surface area (Å²) in [6.45, 7) is 5.75. The van der Waals surface area contributed by atoms with Crippen LogP contribution in [0.2, 0.25) is 0 Å². The van der Waals surface area contributed by atoms with Crippen molar-refractivity contribution in [2.75, 3.05) is 0 Å². The van der Waals surface area contributed by atoms with Crippen molar-refractivity contribution in [3.63, 3.8) is 0 Å². The van der Waals surface area contributed by atoms with Crippen LogP contribution in [0, 0.1) is 5.92 Å². The molecule has 0 amide bonds. The van der Waals surface area contributed by atoms with Gasteiger partial charge in [-0.05, 0) is 31.0 Å². The van der Waals surface area contributed by atoms with Crippen molar-refractivity contribution in [1.82, 2.24) is 0 Å². The third-order valence-corrected chi connectivity index (χ3v) is 3.04. The monoisotopic (exact) mass is 291 g/mol. The molecule has 0 aliphatic heterocycles. The van der Waals surface area contributed by atoms with Gasteiger partial charge in [-0.3, -0.25) is 0 Å². The van der Waals surface area contributed by atoms with Gasteiger partial charge in [-0.25, -0.2) is 0 Å². The normalized spacial score (nSPS) is 13.4. The maximum atomic E-state index is 12.6. The van der Waals surface area contributed by atoms with E-state index in [4.69, 9.17) is 22.7 Å². The van der Waals surface area contributed by atoms with E-state index in [1.807, 2.05) is 20.8 Å². The largest absolute Gasteiger partial charge is 0.490 e. The molecule has 2 N–H and O–H groups in total. The van der Waals surface area contributed by atoms with Crippen LogP contribution in [-0.4, -0.2) is 11.1 Å². The van der Waals surface area contributed by atoms with Crippen molar-refractivity contribution in [3.8, 4) is 5.75 Å². The molecule has 1 rings (SSSR count). The van der Waals surface area contributed by atoms with Crippen LogP contribution in [0.25, 0.3) is 0 Å². The zero-order valence-corrected chi connectivity index (χ0v) is 11.7. The molecule has 6 heteroatoms. The van der Waals surface area contributed by atoms with E-state index in [0.29, 0.717) is 0 Å². The number of nitrogens with two attached hydrogens (primary N) is 1. The second-order valence-corrected chi connectivity index (χ2v) is 5.08. The third-order valence-electron chi connectivity index (χ3n) is 2.82. The lowest BCUT2D eigenvalue weighted by Crippen LogP contribution is -2.21. The van der Waals surface area contributed by atoms with Crippen molar-refractivity contribution < 1.29 is 17.9 Å². The number of hydrogen-bond acceptors (Lipinski definition) is 2. The predicted octanol–water partition coefficient (Wildman–Crippen LogP) is 3.76. The molecular formula is C13H16F3NOS. The molecule has 1 unspecified atom stereocenters. The van der Waals surface area contributed by atoms with Gasteiger partial charge in [-0.1, -0.05) is 26.1 Å². The van der Waals surface area contributed by atoms with Crippen molar-refractivity contribution in [2.45, 2.75) is 33.1 Å². The molecule has 0 fully saturated rings. The van der Waals surface area contributed by atoms with Crippen LogP contribution in [0.5, 0.6) is 5.75 Å². The molecule has 0 heterocycles. The third kappa shape index (κ3) is 4.09. The summed E-state index contributed by atoms with van der Waals surface area (Å²) in [6.07, 6.45) is -4.58. The summed E-state index contributed by atoms with van der Waals surface area (Å²) in [4.78, 5) is -0.114. The number of ether oxygens (including phenoxy) is 1. The van der Waals surface area contributed by atoms with Crippen LogP contribution < -0.4 is 10.5 Å². The SMILES string of the molecule is CC(C)C(C)Oc1ccc(C(F)(F)F)cc1C(N)=S. The quantitative estimate of drug-likeness (QED) is 0.858. The van der Waals surface area contributed by atoms with E-state index >= 15 is 0 Å². The first-order chi connectivity index (χ1) is 8.62. The van der Waals surface area contributed by atoms with Gasteiger partial charge >= 0.3 is 6.18 Å². The first-order valence-corrected chi connectivity index (χ1v) is 6.21. The van der Waals surface area contributed by atoms with E-state index in [1.165, 1.54) is 6.07 Å². The van der Waals surface area contributed by atoms with Crippen molar-refractivity contribution >= 4 is 17.2 Å². The van der Waals surface area contributed by atoms with Crippen LogP contribution in [0.3, 0.4) is 0 Å². The molecule has 0 radical (unpaired) electrons. The molecular weight excluding hydrogens is 275 g/mol. The number of thiocarbonyl (C=S) groups is 1. The molecule has 0 saturated carbocycles. The predicted molar refractivity (Wildman–Crippen MR) is 72.3 cm³/mol.